The molecule has 2 rings (SSSR count). The number of benzene rings is 2. The average molecular weight is 510 g/mol. The van der Waals surface area contributed by atoms with Crippen molar-refractivity contribution >= 4 is 17.9 Å². The van der Waals surface area contributed by atoms with E-state index in [1.807, 2.05) is 68.4 Å². The Morgan fingerprint density at radius 2 is 1.59 bits per heavy atom. The molecule has 7 nitrogen and oxygen atoms in total. The van der Waals surface area contributed by atoms with Crippen molar-refractivity contribution in [2.45, 2.75) is 84.9 Å². The SMILES string of the molecule is CCCCNC(=O)C(c1ccccc1C)N(CCC)C(=O)C(Cc1ccccc1)NC(=O)OC(C)(C)C. The van der Waals surface area contributed by atoms with Gasteiger partial charge in [0.05, 0.1) is 0 Å². The van der Waals surface area contributed by atoms with Gasteiger partial charge in [0, 0.05) is 19.5 Å². The lowest BCUT2D eigenvalue weighted by Gasteiger charge is -2.35. The maximum atomic E-state index is 14.2. The van der Waals surface area contributed by atoms with Gasteiger partial charge in [-0.2, -0.15) is 0 Å². The highest BCUT2D eigenvalue weighted by Gasteiger charge is 2.36. The fourth-order valence-electron chi connectivity index (χ4n) is 4.14. The number of aryl methyl sites for hydroxylation is 1. The molecule has 0 heterocycles. The first kappa shape index (κ1) is 29.9. The molecule has 0 saturated heterocycles. The summed E-state index contributed by atoms with van der Waals surface area (Å²) in [7, 11) is 0. The van der Waals surface area contributed by atoms with Crippen molar-refractivity contribution in [1.82, 2.24) is 15.5 Å². The number of unbranched alkanes of at least 4 members (excludes halogenated alkanes) is 1. The summed E-state index contributed by atoms with van der Waals surface area (Å²) in [6, 6.07) is 15.4. The quantitative estimate of drug-likeness (QED) is 0.379. The number of hydrogen-bond donors (Lipinski definition) is 2. The van der Waals surface area contributed by atoms with Crippen LogP contribution in [0.3, 0.4) is 0 Å². The molecule has 3 amide bonds. The Morgan fingerprint density at radius 3 is 2.19 bits per heavy atom. The molecule has 2 unspecified atom stereocenters. The Bertz CT molecular complexity index is 1020. The van der Waals surface area contributed by atoms with Crippen LogP contribution in [0.5, 0.6) is 0 Å². The van der Waals surface area contributed by atoms with E-state index in [-0.39, 0.29) is 18.2 Å². The van der Waals surface area contributed by atoms with E-state index < -0.39 is 23.8 Å². The Kier molecular flexibility index (Phi) is 11.6. The summed E-state index contributed by atoms with van der Waals surface area (Å²) < 4.78 is 5.47. The highest BCUT2D eigenvalue weighted by Crippen LogP contribution is 2.26. The Morgan fingerprint density at radius 1 is 0.946 bits per heavy atom. The molecule has 2 atom stereocenters. The molecule has 37 heavy (non-hydrogen) atoms. The van der Waals surface area contributed by atoms with Crippen LogP contribution in [0.1, 0.15) is 76.6 Å². The first-order chi connectivity index (χ1) is 17.6. The second-order valence-electron chi connectivity index (χ2n) is 10.3. The maximum Gasteiger partial charge on any atom is 0.408 e. The highest BCUT2D eigenvalue weighted by atomic mass is 16.6. The minimum absolute atomic E-state index is 0.222. The second kappa shape index (κ2) is 14.4. The summed E-state index contributed by atoms with van der Waals surface area (Å²) in [5.74, 6) is -0.546. The molecule has 0 bridgehead atoms. The van der Waals surface area contributed by atoms with Gasteiger partial charge in [0.1, 0.15) is 17.7 Å². The van der Waals surface area contributed by atoms with Crippen molar-refractivity contribution in [2.24, 2.45) is 0 Å². The van der Waals surface area contributed by atoms with Crippen molar-refractivity contribution in [3.05, 3.63) is 71.3 Å². The molecule has 0 aromatic heterocycles. The van der Waals surface area contributed by atoms with Gasteiger partial charge in [-0.05, 0) is 57.2 Å². The van der Waals surface area contributed by atoms with Crippen molar-refractivity contribution in [2.75, 3.05) is 13.1 Å². The molecule has 2 aromatic carbocycles. The molecule has 0 fully saturated rings. The molecule has 0 saturated carbocycles. The highest BCUT2D eigenvalue weighted by molar-refractivity contribution is 5.92. The minimum atomic E-state index is -0.904. The predicted octanol–water partition coefficient (Wildman–Crippen LogP) is 5.33. The summed E-state index contributed by atoms with van der Waals surface area (Å²) in [4.78, 5) is 42.1. The summed E-state index contributed by atoms with van der Waals surface area (Å²) in [5, 5.41) is 5.81. The summed E-state index contributed by atoms with van der Waals surface area (Å²) in [6.45, 7) is 12.2. The van der Waals surface area contributed by atoms with Crippen LogP contribution in [-0.2, 0) is 20.7 Å². The molecule has 7 heteroatoms. The fraction of sp³-hybridized carbons (Fsp3) is 0.500. The normalized spacial score (nSPS) is 12.8. The number of alkyl carbamates (subject to hydrolysis) is 1. The van der Waals surface area contributed by atoms with Crippen LogP contribution in [0, 0.1) is 6.92 Å². The van der Waals surface area contributed by atoms with E-state index in [1.165, 1.54) is 0 Å². The van der Waals surface area contributed by atoms with E-state index in [4.69, 9.17) is 4.74 Å². The fourth-order valence-corrected chi connectivity index (χ4v) is 4.14. The number of nitrogens with one attached hydrogen (secondary N) is 2. The third-order valence-corrected chi connectivity index (χ3v) is 5.89. The number of hydrogen-bond acceptors (Lipinski definition) is 4. The average Bonchev–Trinajstić information content (AvgIpc) is 2.83. The van der Waals surface area contributed by atoms with Crippen LogP contribution in [0.4, 0.5) is 4.79 Å². The van der Waals surface area contributed by atoms with Crippen LogP contribution >= 0.6 is 0 Å². The molecule has 2 N–H and O–H groups in total. The molecule has 0 aliphatic rings. The number of amides is 3. The van der Waals surface area contributed by atoms with Gasteiger partial charge in [0.2, 0.25) is 11.8 Å². The third kappa shape index (κ3) is 9.56. The maximum absolute atomic E-state index is 14.2. The van der Waals surface area contributed by atoms with E-state index in [0.29, 0.717) is 19.5 Å². The van der Waals surface area contributed by atoms with Gasteiger partial charge in [-0.15, -0.1) is 0 Å². The van der Waals surface area contributed by atoms with E-state index in [2.05, 4.69) is 17.6 Å². The van der Waals surface area contributed by atoms with Crippen molar-refractivity contribution < 1.29 is 19.1 Å². The smallest absolute Gasteiger partial charge is 0.408 e. The van der Waals surface area contributed by atoms with E-state index in [9.17, 15) is 14.4 Å². The molecule has 202 valence electrons. The molecule has 0 aliphatic carbocycles. The zero-order valence-electron chi connectivity index (χ0n) is 23.2. The third-order valence-electron chi connectivity index (χ3n) is 5.89. The topological polar surface area (TPSA) is 87.7 Å². The number of ether oxygens (including phenoxy) is 1. The number of carbonyl (C=O) groups excluding carboxylic acids is 3. The lowest BCUT2D eigenvalue weighted by atomic mass is 9.97. The van der Waals surface area contributed by atoms with E-state index >= 15 is 0 Å². The first-order valence-electron chi connectivity index (χ1n) is 13.2. The lowest BCUT2D eigenvalue weighted by molar-refractivity contribution is -0.142. The van der Waals surface area contributed by atoms with Gasteiger partial charge in [-0.25, -0.2) is 4.79 Å². The second-order valence-corrected chi connectivity index (χ2v) is 10.3. The van der Waals surface area contributed by atoms with E-state index in [0.717, 1.165) is 29.5 Å². The standard InChI is InChI=1S/C30H43N3O4/c1-7-9-19-31-27(34)26(24-18-14-13-15-22(24)3)33(20-8-2)28(35)25(21-23-16-11-10-12-17-23)32-29(36)37-30(4,5)6/h10-18,25-26H,7-9,19-21H2,1-6H3,(H,31,34)(H,32,36). The summed E-state index contributed by atoms with van der Waals surface area (Å²) in [6.07, 6.45) is 2.06. The van der Waals surface area contributed by atoms with Gasteiger partial charge in [-0.3, -0.25) is 9.59 Å². The van der Waals surface area contributed by atoms with Crippen LogP contribution in [-0.4, -0.2) is 47.5 Å². The van der Waals surface area contributed by atoms with E-state index in [1.54, 1.807) is 25.7 Å². The predicted molar refractivity (Wildman–Crippen MR) is 147 cm³/mol. The van der Waals surface area contributed by atoms with Crippen LogP contribution < -0.4 is 10.6 Å². The summed E-state index contributed by atoms with van der Waals surface area (Å²) in [5.41, 5.74) is 1.88. The largest absolute Gasteiger partial charge is 0.444 e. The molecule has 2 aromatic rings. The van der Waals surface area contributed by atoms with Gasteiger partial charge in [0.25, 0.3) is 0 Å². The lowest BCUT2D eigenvalue weighted by Crippen LogP contribution is -2.54. The van der Waals surface area contributed by atoms with Crippen molar-refractivity contribution in [3.8, 4) is 0 Å². The molecule has 0 radical (unpaired) electrons. The Balaban J connectivity index is 2.48. The van der Waals surface area contributed by atoms with Crippen molar-refractivity contribution in [3.63, 3.8) is 0 Å². The summed E-state index contributed by atoms with van der Waals surface area (Å²) >= 11 is 0. The van der Waals surface area contributed by atoms with Crippen LogP contribution in [0.2, 0.25) is 0 Å². The van der Waals surface area contributed by atoms with Crippen LogP contribution in [0.25, 0.3) is 0 Å². The number of nitrogens with zero attached hydrogens (tertiary/aromatic N) is 1. The van der Waals surface area contributed by atoms with Gasteiger partial charge in [0.15, 0.2) is 0 Å². The monoisotopic (exact) mass is 509 g/mol. The molecule has 0 spiro atoms. The number of rotatable bonds is 12. The van der Waals surface area contributed by atoms with Gasteiger partial charge >= 0.3 is 6.09 Å². The van der Waals surface area contributed by atoms with Crippen molar-refractivity contribution in [1.29, 1.82) is 0 Å². The molecular weight excluding hydrogens is 466 g/mol. The zero-order chi connectivity index (χ0) is 27.4. The van der Waals surface area contributed by atoms with Gasteiger partial charge in [-0.1, -0.05) is 74.9 Å². The number of carbonyl (C=O) groups is 3. The van der Waals surface area contributed by atoms with Gasteiger partial charge < -0.3 is 20.3 Å². The van der Waals surface area contributed by atoms with Crippen LogP contribution in [0.15, 0.2) is 54.6 Å². The zero-order valence-corrected chi connectivity index (χ0v) is 23.2. The Hall–Kier alpha value is -3.35. The molecular formula is C30H43N3O4. The minimum Gasteiger partial charge on any atom is -0.444 e. The Labute approximate surface area is 222 Å². The first-order valence-corrected chi connectivity index (χ1v) is 13.2. The molecule has 0 aliphatic heterocycles.